The van der Waals surface area contributed by atoms with Crippen LogP contribution in [0.3, 0.4) is 0 Å². The number of nitro benzene ring substituents is 1. The summed E-state index contributed by atoms with van der Waals surface area (Å²) in [5, 5.41) is 14.0. The van der Waals surface area contributed by atoms with E-state index in [0.29, 0.717) is 16.3 Å². The summed E-state index contributed by atoms with van der Waals surface area (Å²) in [6.07, 6.45) is 2.29. The van der Waals surface area contributed by atoms with Crippen molar-refractivity contribution in [3.05, 3.63) is 74.8 Å². The monoisotopic (exact) mass is 374 g/mol. The highest BCUT2D eigenvalue weighted by atomic mass is 35.5. The number of carbonyl (C=O) groups is 2. The van der Waals surface area contributed by atoms with Gasteiger partial charge in [0.1, 0.15) is 0 Å². The van der Waals surface area contributed by atoms with Crippen LogP contribution in [0.2, 0.25) is 5.02 Å². The van der Waals surface area contributed by atoms with Gasteiger partial charge in [0.05, 0.1) is 10.5 Å². The molecule has 2 aromatic rings. The number of rotatable bonds is 6. The number of benzene rings is 2. The Hall–Kier alpha value is -3.19. The molecule has 134 valence electrons. The first-order valence-electron chi connectivity index (χ1n) is 7.51. The van der Waals surface area contributed by atoms with E-state index in [1.165, 1.54) is 24.3 Å². The average molecular weight is 375 g/mol. The van der Waals surface area contributed by atoms with Crippen LogP contribution in [0.25, 0.3) is 6.08 Å². The number of carbonyl (C=O) groups excluding carboxylic acids is 2. The van der Waals surface area contributed by atoms with Crippen molar-refractivity contribution in [3.8, 4) is 0 Å². The van der Waals surface area contributed by atoms with Crippen molar-refractivity contribution >= 4 is 40.9 Å². The van der Waals surface area contributed by atoms with Gasteiger partial charge >= 0.3 is 5.97 Å². The van der Waals surface area contributed by atoms with Crippen molar-refractivity contribution in [3.63, 3.8) is 0 Å². The van der Waals surface area contributed by atoms with Gasteiger partial charge in [-0.15, -0.1) is 0 Å². The first kappa shape index (κ1) is 19.1. The van der Waals surface area contributed by atoms with Gasteiger partial charge in [-0.3, -0.25) is 14.9 Å². The van der Waals surface area contributed by atoms with Crippen LogP contribution in [0.15, 0.2) is 48.5 Å². The van der Waals surface area contributed by atoms with Crippen LogP contribution in [0.1, 0.15) is 11.1 Å². The molecule has 0 aliphatic heterocycles. The molecule has 7 nitrogen and oxygen atoms in total. The van der Waals surface area contributed by atoms with Gasteiger partial charge in [0, 0.05) is 22.9 Å². The second kappa shape index (κ2) is 8.77. The molecule has 0 saturated heterocycles. The molecular weight excluding hydrogens is 360 g/mol. The fourth-order valence-corrected chi connectivity index (χ4v) is 2.24. The zero-order chi connectivity index (χ0) is 19.1. The molecule has 0 heterocycles. The summed E-state index contributed by atoms with van der Waals surface area (Å²) in [7, 11) is 0. The van der Waals surface area contributed by atoms with Crippen molar-refractivity contribution in [2.45, 2.75) is 6.92 Å². The largest absolute Gasteiger partial charge is 0.452 e. The number of hydrogen-bond donors (Lipinski definition) is 1. The van der Waals surface area contributed by atoms with Crippen molar-refractivity contribution in [1.82, 2.24) is 0 Å². The molecule has 0 unspecified atom stereocenters. The van der Waals surface area contributed by atoms with Crippen LogP contribution in [0.4, 0.5) is 11.4 Å². The van der Waals surface area contributed by atoms with E-state index in [2.05, 4.69) is 5.32 Å². The van der Waals surface area contributed by atoms with E-state index in [1.807, 2.05) is 0 Å². The number of para-hydroxylation sites is 1. The number of nitro groups is 1. The van der Waals surface area contributed by atoms with Crippen molar-refractivity contribution in [1.29, 1.82) is 0 Å². The molecule has 0 fully saturated rings. The fraction of sp³-hybridized carbons (Fsp3) is 0.111. The minimum Gasteiger partial charge on any atom is -0.452 e. The van der Waals surface area contributed by atoms with Gasteiger partial charge in [0.25, 0.3) is 11.6 Å². The molecule has 8 heteroatoms. The van der Waals surface area contributed by atoms with Gasteiger partial charge in [-0.25, -0.2) is 4.79 Å². The van der Waals surface area contributed by atoms with Crippen LogP contribution in [0, 0.1) is 17.0 Å². The first-order chi connectivity index (χ1) is 12.4. The summed E-state index contributed by atoms with van der Waals surface area (Å²) >= 11 is 5.97. The zero-order valence-electron chi connectivity index (χ0n) is 13.8. The van der Waals surface area contributed by atoms with E-state index in [4.69, 9.17) is 16.3 Å². The second-order valence-electron chi connectivity index (χ2n) is 5.22. The van der Waals surface area contributed by atoms with E-state index in [9.17, 15) is 19.7 Å². The number of halogens is 1. The lowest BCUT2D eigenvalue weighted by Gasteiger charge is -2.09. The lowest BCUT2D eigenvalue weighted by molar-refractivity contribution is -0.385. The number of ether oxygens (including phenoxy) is 1. The molecule has 0 spiro atoms. The standard InChI is InChI=1S/C18H15ClN2O5/c1-12-14(19)6-4-7-15(12)20-17(22)11-26-18(23)10-9-13-5-2-3-8-16(13)21(24)25/h2-10H,11H2,1H3,(H,20,22)/b10-9+. The topological polar surface area (TPSA) is 98.5 Å². The maximum Gasteiger partial charge on any atom is 0.331 e. The highest BCUT2D eigenvalue weighted by Crippen LogP contribution is 2.22. The highest BCUT2D eigenvalue weighted by Gasteiger charge is 2.11. The van der Waals surface area contributed by atoms with Gasteiger partial charge in [-0.2, -0.15) is 0 Å². The van der Waals surface area contributed by atoms with Crippen LogP contribution >= 0.6 is 11.6 Å². The Kier molecular flexibility index (Phi) is 6.46. The van der Waals surface area contributed by atoms with Crippen molar-refractivity contribution < 1.29 is 19.2 Å². The Morgan fingerprint density at radius 3 is 2.69 bits per heavy atom. The summed E-state index contributed by atoms with van der Waals surface area (Å²) in [5.41, 5.74) is 1.35. The molecule has 0 saturated carbocycles. The minimum absolute atomic E-state index is 0.134. The summed E-state index contributed by atoms with van der Waals surface area (Å²) in [6, 6.07) is 11.0. The summed E-state index contributed by atoms with van der Waals surface area (Å²) < 4.78 is 4.83. The Morgan fingerprint density at radius 1 is 1.23 bits per heavy atom. The molecule has 0 atom stereocenters. The van der Waals surface area contributed by atoms with Gasteiger partial charge in [-0.05, 0) is 36.8 Å². The Balaban J connectivity index is 1.91. The normalized spacial score (nSPS) is 10.5. The molecular formula is C18H15ClN2O5. The maximum absolute atomic E-state index is 11.9. The van der Waals surface area contributed by atoms with E-state index >= 15 is 0 Å². The lowest BCUT2D eigenvalue weighted by Crippen LogP contribution is -2.20. The Morgan fingerprint density at radius 2 is 1.96 bits per heavy atom. The van der Waals surface area contributed by atoms with Crippen molar-refractivity contribution in [2.75, 3.05) is 11.9 Å². The SMILES string of the molecule is Cc1c(Cl)cccc1NC(=O)COC(=O)/C=C/c1ccccc1[N+](=O)[O-]. The quantitative estimate of drug-likeness (QED) is 0.359. The van der Waals surface area contributed by atoms with E-state index < -0.39 is 23.4 Å². The van der Waals surface area contributed by atoms with Gasteiger partial charge in [0.2, 0.25) is 0 Å². The molecule has 1 amide bonds. The third kappa shape index (κ3) is 5.15. The van der Waals surface area contributed by atoms with Gasteiger partial charge in [-0.1, -0.05) is 29.8 Å². The van der Waals surface area contributed by atoms with E-state index in [-0.39, 0.29) is 11.3 Å². The third-order valence-electron chi connectivity index (χ3n) is 3.42. The predicted octanol–water partition coefficient (Wildman–Crippen LogP) is 3.75. The molecule has 0 aliphatic carbocycles. The molecule has 2 aromatic carbocycles. The second-order valence-corrected chi connectivity index (χ2v) is 5.62. The third-order valence-corrected chi connectivity index (χ3v) is 3.83. The molecule has 1 N–H and O–H groups in total. The molecule has 0 radical (unpaired) electrons. The molecule has 0 aromatic heterocycles. The smallest absolute Gasteiger partial charge is 0.331 e. The van der Waals surface area contributed by atoms with Crippen LogP contribution in [-0.2, 0) is 14.3 Å². The van der Waals surface area contributed by atoms with E-state index in [1.54, 1.807) is 31.2 Å². The number of nitrogens with zero attached hydrogens (tertiary/aromatic N) is 1. The summed E-state index contributed by atoms with van der Waals surface area (Å²) in [4.78, 5) is 33.9. The number of amides is 1. The van der Waals surface area contributed by atoms with Crippen LogP contribution in [0.5, 0.6) is 0 Å². The maximum atomic E-state index is 11.9. The average Bonchev–Trinajstić information content (AvgIpc) is 2.62. The predicted molar refractivity (Wildman–Crippen MR) is 97.9 cm³/mol. The Labute approximate surface area is 154 Å². The van der Waals surface area contributed by atoms with E-state index in [0.717, 1.165) is 6.08 Å². The van der Waals surface area contributed by atoms with Gasteiger partial charge < -0.3 is 10.1 Å². The molecule has 0 bridgehead atoms. The summed E-state index contributed by atoms with van der Waals surface area (Å²) in [6.45, 7) is 1.26. The molecule has 0 aliphatic rings. The summed E-state index contributed by atoms with van der Waals surface area (Å²) in [5.74, 6) is -1.32. The Bertz CT molecular complexity index is 880. The first-order valence-corrected chi connectivity index (χ1v) is 7.89. The molecule has 26 heavy (non-hydrogen) atoms. The van der Waals surface area contributed by atoms with Crippen LogP contribution < -0.4 is 5.32 Å². The van der Waals surface area contributed by atoms with Gasteiger partial charge in [0.15, 0.2) is 6.61 Å². The minimum atomic E-state index is -0.791. The highest BCUT2D eigenvalue weighted by molar-refractivity contribution is 6.31. The fourth-order valence-electron chi connectivity index (χ4n) is 2.07. The number of nitrogens with one attached hydrogen (secondary N) is 1. The number of esters is 1. The zero-order valence-corrected chi connectivity index (χ0v) is 14.5. The number of hydrogen-bond acceptors (Lipinski definition) is 5. The van der Waals surface area contributed by atoms with Crippen LogP contribution in [-0.4, -0.2) is 23.4 Å². The molecule has 2 rings (SSSR count). The van der Waals surface area contributed by atoms with Crippen molar-refractivity contribution in [2.24, 2.45) is 0 Å². The lowest BCUT2D eigenvalue weighted by atomic mass is 10.1. The number of anilines is 1.